The zero-order chi connectivity index (χ0) is 27.6. The standard InChI is InChI=1S/C30H37N5O3S/c1-4-35(5-2)17-16-31-19-22-8-6-9-23(18-22)28(36)33-30-27(25-10-7-11-26(25)39-30)29(37)34-32-20-21-12-14-24(38-3)15-13-21/h6,8-9,12-15,18,20,31H,4-5,7,10-11,16-17,19H2,1-3H3,(H,33,36)(H,34,37). The number of hydrogen-bond acceptors (Lipinski definition) is 7. The van der Waals surface area contributed by atoms with Crippen LogP contribution in [0.4, 0.5) is 5.00 Å². The van der Waals surface area contributed by atoms with Crippen LogP contribution in [0.3, 0.4) is 0 Å². The molecule has 1 aromatic heterocycles. The molecule has 0 saturated carbocycles. The Balaban J connectivity index is 1.40. The smallest absolute Gasteiger partial charge is 0.274 e. The van der Waals surface area contributed by atoms with Crippen molar-refractivity contribution in [3.63, 3.8) is 0 Å². The third-order valence-corrected chi connectivity index (χ3v) is 8.10. The average molecular weight is 548 g/mol. The fourth-order valence-corrected chi connectivity index (χ4v) is 5.93. The summed E-state index contributed by atoms with van der Waals surface area (Å²) in [7, 11) is 1.61. The fourth-order valence-electron chi connectivity index (χ4n) is 4.65. The van der Waals surface area contributed by atoms with Crippen LogP contribution in [0.1, 0.15) is 62.6 Å². The molecule has 0 aliphatic heterocycles. The van der Waals surface area contributed by atoms with Gasteiger partial charge in [0.05, 0.1) is 18.9 Å². The molecule has 2 aromatic carbocycles. The Bertz CT molecular complexity index is 1300. The number of methoxy groups -OCH3 is 1. The summed E-state index contributed by atoms with van der Waals surface area (Å²) < 4.78 is 5.17. The number of hydrogen-bond donors (Lipinski definition) is 3. The van der Waals surface area contributed by atoms with E-state index in [1.807, 2.05) is 42.5 Å². The molecule has 0 radical (unpaired) electrons. The minimum absolute atomic E-state index is 0.226. The van der Waals surface area contributed by atoms with Crippen molar-refractivity contribution in [3.05, 3.63) is 81.2 Å². The molecule has 0 bridgehead atoms. The van der Waals surface area contributed by atoms with Crippen molar-refractivity contribution in [2.45, 2.75) is 39.7 Å². The second-order valence-electron chi connectivity index (χ2n) is 9.39. The number of aryl methyl sites for hydroxylation is 1. The predicted molar refractivity (Wildman–Crippen MR) is 158 cm³/mol. The Morgan fingerprint density at radius 1 is 1.08 bits per heavy atom. The van der Waals surface area contributed by atoms with Crippen LogP contribution < -0.4 is 20.8 Å². The zero-order valence-electron chi connectivity index (χ0n) is 22.9. The summed E-state index contributed by atoms with van der Waals surface area (Å²) in [6.45, 7) is 8.97. The maximum atomic E-state index is 13.2. The van der Waals surface area contributed by atoms with Gasteiger partial charge in [0.25, 0.3) is 11.8 Å². The van der Waals surface area contributed by atoms with Gasteiger partial charge in [-0.25, -0.2) is 5.43 Å². The number of thiophene rings is 1. The molecule has 8 nitrogen and oxygen atoms in total. The van der Waals surface area contributed by atoms with E-state index in [9.17, 15) is 9.59 Å². The van der Waals surface area contributed by atoms with Gasteiger partial charge in [0.1, 0.15) is 10.8 Å². The molecule has 3 N–H and O–H groups in total. The molecule has 9 heteroatoms. The highest BCUT2D eigenvalue weighted by Gasteiger charge is 2.27. The number of rotatable bonds is 13. The van der Waals surface area contributed by atoms with Gasteiger partial charge in [-0.15, -0.1) is 11.3 Å². The second kappa shape index (κ2) is 14.0. The first kappa shape index (κ1) is 28.5. The highest BCUT2D eigenvalue weighted by molar-refractivity contribution is 7.17. The van der Waals surface area contributed by atoms with Crippen molar-refractivity contribution < 1.29 is 14.3 Å². The first-order valence-corrected chi connectivity index (χ1v) is 14.3. The van der Waals surface area contributed by atoms with Crippen LogP contribution in [-0.4, -0.2) is 56.2 Å². The van der Waals surface area contributed by atoms with E-state index in [4.69, 9.17) is 4.74 Å². The number of carbonyl (C=O) groups excluding carboxylic acids is 2. The molecule has 3 aromatic rings. The van der Waals surface area contributed by atoms with E-state index in [0.717, 1.165) is 72.8 Å². The number of hydrazone groups is 1. The third kappa shape index (κ3) is 7.53. The normalized spacial score (nSPS) is 12.6. The van der Waals surface area contributed by atoms with Crippen molar-refractivity contribution in [1.29, 1.82) is 0 Å². The number of carbonyl (C=O) groups is 2. The average Bonchev–Trinajstić information content (AvgIpc) is 3.54. The molecule has 2 amide bonds. The maximum Gasteiger partial charge on any atom is 0.274 e. The SMILES string of the molecule is CCN(CC)CCNCc1cccc(C(=O)Nc2sc3c(c2C(=O)NN=Cc2ccc(OC)cc2)CCC3)c1. The number of anilines is 1. The largest absolute Gasteiger partial charge is 0.497 e. The van der Waals surface area contributed by atoms with E-state index in [2.05, 4.69) is 39.9 Å². The lowest BCUT2D eigenvalue weighted by molar-refractivity contribution is 0.0955. The van der Waals surface area contributed by atoms with Crippen molar-refractivity contribution in [1.82, 2.24) is 15.6 Å². The maximum absolute atomic E-state index is 13.2. The lowest BCUT2D eigenvalue weighted by Crippen LogP contribution is -2.31. The monoisotopic (exact) mass is 547 g/mol. The van der Waals surface area contributed by atoms with Crippen molar-refractivity contribution in [2.24, 2.45) is 5.10 Å². The Kier molecular flexibility index (Phi) is 10.2. The lowest BCUT2D eigenvalue weighted by Gasteiger charge is -2.18. The van der Waals surface area contributed by atoms with Crippen LogP contribution in [0.2, 0.25) is 0 Å². The van der Waals surface area contributed by atoms with Crippen LogP contribution in [0.15, 0.2) is 53.6 Å². The predicted octanol–water partition coefficient (Wildman–Crippen LogP) is 4.69. The number of amides is 2. The van der Waals surface area contributed by atoms with Crippen LogP contribution in [0, 0.1) is 0 Å². The van der Waals surface area contributed by atoms with E-state index < -0.39 is 0 Å². The third-order valence-electron chi connectivity index (χ3n) is 6.89. The van der Waals surface area contributed by atoms with Crippen LogP contribution >= 0.6 is 11.3 Å². The van der Waals surface area contributed by atoms with E-state index in [1.54, 1.807) is 19.4 Å². The van der Waals surface area contributed by atoms with Crippen LogP contribution in [-0.2, 0) is 19.4 Å². The van der Waals surface area contributed by atoms with Gasteiger partial charge in [-0.3, -0.25) is 9.59 Å². The summed E-state index contributed by atoms with van der Waals surface area (Å²) in [4.78, 5) is 29.9. The molecule has 0 unspecified atom stereocenters. The summed E-state index contributed by atoms with van der Waals surface area (Å²) in [6.07, 6.45) is 4.33. The summed E-state index contributed by atoms with van der Waals surface area (Å²) in [6, 6.07) is 15.0. The zero-order valence-corrected chi connectivity index (χ0v) is 23.7. The van der Waals surface area contributed by atoms with Gasteiger partial charge in [-0.1, -0.05) is 26.0 Å². The topological polar surface area (TPSA) is 95.1 Å². The molecule has 0 spiro atoms. The molecule has 0 atom stereocenters. The molecule has 0 fully saturated rings. The molecule has 1 heterocycles. The first-order chi connectivity index (χ1) is 19.0. The van der Waals surface area contributed by atoms with Gasteiger partial charge in [0.2, 0.25) is 0 Å². The summed E-state index contributed by atoms with van der Waals surface area (Å²) in [5.41, 5.74) is 6.61. The summed E-state index contributed by atoms with van der Waals surface area (Å²) >= 11 is 1.49. The minimum Gasteiger partial charge on any atom is -0.497 e. The van der Waals surface area contributed by atoms with Gasteiger partial charge in [-0.2, -0.15) is 5.10 Å². The molecule has 206 valence electrons. The van der Waals surface area contributed by atoms with E-state index in [1.165, 1.54) is 11.3 Å². The molecular weight excluding hydrogens is 510 g/mol. The fraction of sp³-hybridized carbons (Fsp3) is 0.367. The first-order valence-electron chi connectivity index (χ1n) is 13.5. The van der Waals surface area contributed by atoms with E-state index in [-0.39, 0.29) is 11.8 Å². The Morgan fingerprint density at radius 2 is 1.87 bits per heavy atom. The Labute approximate surface area is 234 Å². The van der Waals surface area contributed by atoms with Gasteiger partial charge in [0.15, 0.2) is 0 Å². The second-order valence-corrected chi connectivity index (χ2v) is 10.5. The minimum atomic E-state index is -0.319. The van der Waals surface area contributed by atoms with E-state index in [0.29, 0.717) is 22.7 Å². The lowest BCUT2D eigenvalue weighted by atomic mass is 10.1. The van der Waals surface area contributed by atoms with Crippen molar-refractivity contribution in [2.75, 3.05) is 38.6 Å². The molecule has 39 heavy (non-hydrogen) atoms. The van der Waals surface area contributed by atoms with Crippen LogP contribution in [0.25, 0.3) is 0 Å². The number of nitrogens with zero attached hydrogens (tertiary/aromatic N) is 2. The van der Waals surface area contributed by atoms with Gasteiger partial charge < -0.3 is 20.3 Å². The summed E-state index contributed by atoms with van der Waals surface area (Å²) in [5.74, 6) is 0.207. The molecular formula is C30H37N5O3S. The van der Waals surface area contributed by atoms with Gasteiger partial charge in [0, 0.05) is 30.1 Å². The van der Waals surface area contributed by atoms with Gasteiger partial charge in [-0.05, 0) is 85.4 Å². The van der Waals surface area contributed by atoms with Gasteiger partial charge >= 0.3 is 0 Å². The highest BCUT2D eigenvalue weighted by atomic mass is 32.1. The van der Waals surface area contributed by atoms with Crippen molar-refractivity contribution in [3.8, 4) is 5.75 Å². The number of fused-ring (bicyclic) bond motifs is 1. The quantitative estimate of drug-likeness (QED) is 0.164. The Hall–Kier alpha value is -3.53. The molecule has 1 aliphatic rings. The Morgan fingerprint density at radius 3 is 2.62 bits per heavy atom. The molecule has 4 rings (SSSR count). The molecule has 0 saturated heterocycles. The number of ether oxygens (including phenoxy) is 1. The highest BCUT2D eigenvalue weighted by Crippen LogP contribution is 2.39. The van der Waals surface area contributed by atoms with Crippen LogP contribution in [0.5, 0.6) is 5.75 Å². The summed E-state index contributed by atoms with van der Waals surface area (Å²) in [5, 5.41) is 11.2. The van der Waals surface area contributed by atoms with E-state index >= 15 is 0 Å². The molecule has 1 aliphatic carbocycles. The number of benzene rings is 2. The number of nitrogens with one attached hydrogen (secondary N) is 3. The van der Waals surface area contributed by atoms with Crippen molar-refractivity contribution >= 4 is 34.4 Å². The number of likely N-dealkylation sites (N-methyl/N-ethyl adjacent to an activating group) is 1.